The largest absolute Gasteiger partial charge is 0.481 e. The van der Waals surface area contributed by atoms with Crippen molar-refractivity contribution in [3.8, 4) is 28.3 Å². The number of fused-ring (bicyclic) bond motifs is 1. The molecule has 6 rings (SSSR count). The number of anilines is 1. The number of rotatable bonds is 7. The topological polar surface area (TPSA) is 127 Å². The van der Waals surface area contributed by atoms with Crippen molar-refractivity contribution < 1.29 is 19.4 Å². The minimum atomic E-state index is -0.756. The molecule has 2 aromatic carbocycles. The van der Waals surface area contributed by atoms with Crippen molar-refractivity contribution >= 4 is 40.8 Å². The third-order valence-corrected chi connectivity index (χ3v) is 9.21. The van der Waals surface area contributed by atoms with Crippen molar-refractivity contribution in [1.82, 2.24) is 19.7 Å². The fourth-order valence-electron chi connectivity index (χ4n) is 6.16. The summed E-state index contributed by atoms with van der Waals surface area (Å²) in [6.07, 6.45) is 3.68. The van der Waals surface area contributed by atoms with Crippen molar-refractivity contribution in [1.29, 1.82) is 0 Å². The lowest BCUT2D eigenvalue weighted by Crippen LogP contribution is -2.28. The average Bonchev–Trinajstić information content (AvgIpc) is 3.67. The summed E-state index contributed by atoms with van der Waals surface area (Å²) in [5.74, 6) is -1.22. The van der Waals surface area contributed by atoms with Gasteiger partial charge in [0.05, 0.1) is 34.5 Å². The van der Waals surface area contributed by atoms with Gasteiger partial charge in [-0.2, -0.15) is 5.10 Å². The summed E-state index contributed by atoms with van der Waals surface area (Å²) in [5, 5.41) is 16.8. The molecule has 1 fully saturated rings. The summed E-state index contributed by atoms with van der Waals surface area (Å²) >= 11 is 13.8. The van der Waals surface area contributed by atoms with Gasteiger partial charge in [-0.1, -0.05) is 53.5 Å². The molecule has 1 saturated heterocycles. The number of aliphatic carboxylic acids is 1. The van der Waals surface area contributed by atoms with Crippen molar-refractivity contribution in [2.45, 2.75) is 25.3 Å². The number of pyridine rings is 1. The molecule has 12 heteroatoms. The number of nitrogens with zero attached hydrogens (tertiary/aromatic N) is 4. The Hall–Kier alpha value is -4.25. The Bertz CT molecular complexity index is 1860. The Balaban J connectivity index is 1.32. The van der Waals surface area contributed by atoms with Gasteiger partial charge >= 0.3 is 5.97 Å². The summed E-state index contributed by atoms with van der Waals surface area (Å²) in [6, 6.07) is 14.2. The Labute approximate surface area is 263 Å². The number of nitrogens with one attached hydrogen (secondary N) is 1. The van der Waals surface area contributed by atoms with Gasteiger partial charge in [0.2, 0.25) is 5.88 Å². The number of hydrogen-bond acceptors (Lipinski definition) is 7. The van der Waals surface area contributed by atoms with Crippen molar-refractivity contribution in [2.75, 3.05) is 25.5 Å². The van der Waals surface area contributed by atoms with Gasteiger partial charge in [0.25, 0.3) is 11.5 Å². The van der Waals surface area contributed by atoms with Crippen LogP contribution in [0.4, 0.5) is 5.69 Å². The second-order valence-electron chi connectivity index (χ2n) is 10.9. The molecule has 10 nitrogen and oxygen atoms in total. The summed E-state index contributed by atoms with van der Waals surface area (Å²) in [7, 11) is 3.06. The van der Waals surface area contributed by atoms with Crippen LogP contribution in [0.25, 0.3) is 22.4 Å². The van der Waals surface area contributed by atoms with Gasteiger partial charge in [-0.05, 0) is 49.6 Å². The molecule has 1 aliphatic carbocycles. The van der Waals surface area contributed by atoms with Crippen LogP contribution in [0.1, 0.15) is 40.4 Å². The normalized spacial score (nSPS) is 17.8. The van der Waals surface area contributed by atoms with E-state index in [-0.39, 0.29) is 22.5 Å². The van der Waals surface area contributed by atoms with Crippen LogP contribution in [0.2, 0.25) is 10.0 Å². The van der Waals surface area contributed by atoms with Gasteiger partial charge in [0.1, 0.15) is 5.56 Å². The average molecular weight is 635 g/mol. The highest BCUT2D eigenvalue weighted by Gasteiger charge is 2.38. The maximum absolute atomic E-state index is 12.9. The van der Waals surface area contributed by atoms with Gasteiger partial charge < -0.3 is 15.2 Å². The zero-order valence-corrected chi connectivity index (χ0v) is 25.5. The maximum Gasteiger partial charge on any atom is 0.307 e. The van der Waals surface area contributed by atoms with Crippen LogP contribution in [0.3, 0.4) is 0 Å². The Morgan fingerprint density at radius 1 is 1.05 bits per heavy atom. The van der Waals surface area contributed by atoms with E-state index >= 15 is 0 Å². The number of carboxylic acid groups (broad SMARTS) is 1. The van der Waals surface area contributed by atoms with E-state index in [1.807, 2.05) is 24.3 Å². The molecule has 2 atom stereocenters. The second kappa shape index (κ2) is 12.0. The molecule has 3 heterocycles. The molecule has 1 amide bonds. The van der Waals surface area contributed by atoms with E-state index in [1.165, 1.54) is 19.3 Å². The monoisotopic (exact) mass is 633 g/mol. The molecule has 4 aromatic rings. The lowest BCUT2D eigenvalue weighted by Gasteiger charge is -2.25. The number of carbonyl (C=O) groups excluding carboxylic acids is 1. The molecule has 0 saturated carbocycles. The van der Waals surface area contributed by atoms with E-state index in [1.54, 1.807) is 25.3 Å². The number of benzene rings is 2. The Kier molecular flexibility index (Phi) is 8.15. The van der Waals surface area contributed by atoms with Gasteiger partial charge in [-0.15, -0.1) is 0 Å². The number of likely N-dealkylation sites (tertiary alicyclic amines) is 1. The SMILES string of the molecule is COc1nc(-c2cccc(-c3cccc(NC(=O)c4ccnn(C)c4=O)c3Cl)c2Cl)cc2c1[C@H](N1CC[C@H](C(=O)O)C1)CC2. The van der Waals surface area contributed by atoms with Gasteiger partial charge in [-0.3, -0.25) is 19.3 Å². The zero-order chi connectivity index (χ0) is 31.1. The number of carboxylic acids is 1. The molecular weight excluding hydrogens is 605 g/mol. The first-order chi connectivity index (χ1) is 21.2. The number of amides is 1. The van der Waals surface area contributed by atoms with Gasteiger partial charge in [0, 0.05) is 48.1 Å². The first kappa shape index (κ1) is 29.8. The molecule has 2 aliphatic rings. The third kappa shape index (κ3) is 5.34. The zero-order valence-electron chi connectivity index (χ0n) is 24.0. The Morgan fingerprint density at radius 2 is 1.77 bits per heavy atom. The number of hydrogen-bond donors (Lipinski definition) is 2. The van der Waals surface area contributed by atoms with Crippen LogP contribution in [0, 0.1) is 5.92 Å². The molecular formula is C32H29Cl2N5O5. The quantitative estimate of drug-likeness (QED) is 0.274. The molecule has 0 bridgehead atoms. The standard InChI is InChI=1S/C32H29Cl2N5O5/c1-38-31(41)22(11-13-35-38)29(40)36-23-8-4-6-20(28(23)34)19-5-3-7-21(27(19)33)24-15-17-9-10-25(26(17)30(37-24)44-2)39-14-12-18(16-39)32(42)43/h3-8,11,13,15,18,25H,9-10,12,14,16H2,1-2H3,(H,36,40)(H,42,43)/t18-,25+/m0/s1. The Morgan fingerprint density at radius 3 is 2.50 bits per heavy atom. The van der Waals surface area contributed by atoms with Crippen molar-refractivity contribution in [3.05, 3.63) is 91.8 Å². The highest BCUT2D eigenvalue weighted by atomic mass is 35.5. The van der Waals surface area contributed by atoms with E-state index in [0.717, 1.165) is 35.2 Å². The predicted octanol–water partition coefficient (Wildman–Crippen LogP) is 5.47. The molecule has 2 aromatic heterocycles. The first-order valence-corrected chi connectivity index (χ1v) is 14.9. The number of aromatic nitrogens is 3. The van der Waals surface area contributed by atoms with Crippen LogP contribution in [-0.4, -0.2) is 56.8 Å². The molecule has 226 valence electrons. The molecule has 2 N–H and O–H groups in total. The van der Waals surface area contributed by atoms with Crippen LogP contribution in [0.5, 0.6) is 5.88 Å². The first-order valence-electron chi connectivity index (χ1n) is 14.1. The fraction of sp³-hybridized carbons (Fsp3) is 0.281. The van der Waals surface area contributed by atoms with E-state index in [4.69, 9.17) is 32.9 Å². The summed E-state index contributed by atoms with van der Waals surface area (Å²) < 4.78 is 6.86. The lowest BCUT2D eigenvalue weighted by atomic mass is 9.99. The van der Waals surface area contributed by atoms with Crippen molar-refractivity contribution in [2.24, 2.45) is 13.0 Å². The number of methoxy groups -OCH3 is 1. The lowest BCUT2D eigenvalue weighted by molar-refractivity contribution is -0.141. The fourth-order valence-corrected chi connectivity index (χ4v) is 6.75. The summed E-state index contributed by atoms with van der Waals surface area (Å²) in [6.45, 7) is 1.23. The van der Waals surface area contributed by atoms with Crippen LogP contribution >= 0.6 is 23.2 Å². The van der Waals surface area contributed by atoms with Gasteiger partial charge in [0.15, 0.2) is 0 Å². The molecule has 1 aliphatic heterocycles. The van der Waals surface area contributed by atoms with Crippen LogP contribution < -0.4 is 15.6 Å². The van der Waals surface area contributed by atoms with E-state index in [9.17, 15) is 19.5 Å². The minimum absolute atomic E-state index is 0.0526. The summed E-state index contributed by atoms with van der Waals surface area (Å²) in [5.41, 5.74) is 4.40. The highest BCUT2D eigenvalue weighted by molar-refractivity contribution is 6.39. The van der Waals surface area contributed by atoms with E-state index < -0.39 is 17.4 Å². The van der Waals surface area contributed by atoms with E-state index in [0.29, 0.717) is 51.9 Å². The number of carbonyl (C=O) groups is 2. The number of halogens is 2. The van der Waals surface area contributed by atoms with Crippen molar-refractivity contribution in [3.63, 3.8) is 0 Å². The summed E-state index contributed by atoms with van der Waals surface area (Å²) in [4.78, 5) is 43.9. The highest BCUT2D eigenvalue weighted by Crippen LogP contribution is 2.46. The smallest absolute Gasteiger partial charge is 0.307 e. The minimum Gasteiger partial charge on any atom is -0.481 e. The van der Waals surface area contributed by atoms with Gasteiger partial charge in [-0.25, -0.2) is 9.67 Å². The van der Waals surface area contributed by atoms with Crippen LogP contribution in [-0.2, 0) is 18.3 Å². The van der Waals surface area contributed by atoms with E-state index in [2.05, 4.69) is 15.3 Å². The number of aryl methyl sites for hydroxylation is 2. The second-order valence-corrected chi connectivity index (χ2v) is 11.7. The van der Waals surface area contributed by atoms with Crippen LogP contribution in [0.15, 0.2) is 59.5 Å². The maximum atomic E-state index is 12.9. The molecule has 0 unspecified atom stereocenters. The predicted molar refractivity (Wildman–Crippen MR) is 167 cm³/mol. The number of ether oxygens (including phenoxy) is 1. The molecule has 0 radical (unpaired) electrons. The molecule has 44 heavy (non-hydrogen) atoms. The third-order valence-electron chi connectivity index (χ3n) is 8.39. The molecule has 0 spiro atoms.